The van der Waals surface area contributed by atoms with Gasteiger partial charge in [0.05, 0.1) is 11.1 Å². The van der Waals surface area contributed by atoms with Crippen LogP contribution in [-0.4, -0.2) is 39.4 Å². The second-order valence-electron chi connectivity index (χ2n) is 5.31. The smallest absolute Gasteiger partial charge is 0.287 e. The Morgan fingerprint density at radius 2 is 2.30 bits per heavy atom. The molecule has 2 unspecified atom stereocenters. The Kier molecular flexibility index (Phi) is 4.08. The van der Waals surface area contributed by atoms with Gasteiger partial charge in [0.25, 0.3) is 11.6 Å². The van der Waals surface area contributed by atoms with Crippen molar-refractivity contribution in [3.05, 3.63) is 28.1 Å². The van der Waals surface area contributed by atoms with Crippen LogP contribution in [0, 0.1) is 16.0 Å². The predicted octanol–water partition coefficient (Wildman–Crippen LogP) is 1.23. The number of carbonyl (C=O) groups excluding carboxylic acids is 1. The molecule has 1 aromatic rings. The Morgan fingerprint density at radius 3 is 2.85 bits per heavy atom. The van der Waals surface area contributed by atoms with Crippen LogP contribution in [0.2, 0.25) is 0 Å². The summed E-state index contributed by atoms with van der Waals surface area (Å²) in [6.45, 7) is 5.61. The molecule has 7 nitrogen and oxygen atoms in total. The molecule has 1 aliphatic heterocycles. The normalized spacial score (nSPS) is 22.9. The number of amides is 1. The summed E-state index contributed by atoms with van der Waals surface area (Å²) in [6, 6.07) is 1.47. The molecule has 2 heterocycles. The molecule has 1 fully saturated rings. The maximum atomic E-state index is 12.5. The van der Waals surface area contributed by atoms with Gasteiger partial charge in [-0.25, -0.2) is 0 Å². The van der Waals surface area contributed by atoms with Crippen LogP contribution < -0.4 is 5.73 Å². The van der Waals surface area contributed by atoms with Gasteiger partial charge in [-0.3, -0.25) is 14.9 Å². The number of nitrogens with zero attached hydrogens (tertiary/aromatic N) is 3. The first-order chi connectivity index (χ1) is 9.43. The highest BCUT2D eigenvalue weighted by Gasteiger charge is 2.29. The van der Waals surface area contributed by atoms with Crippen LogP contribution in [-0.2, 0) is 6.54 Å². The third-order valence-electron chi connectivity index (χ3n) is 3.91. The Balaban J connectivity index is 2.22. The highest BCUT2D eigenvalue weighted by Crippen LogP contribution is 2.21. The van der Waals surface area contributed by atoms with E-state index in [-0.39, 0.29) is 23.6 Å². The number of hydrogen-bond donors (Lipinski definition) is 1. The molecule has 2 rings (SSSR count). The first-order valence-corrected chi connectivity index (χ1v) is 6.83. The summed E-state index contributed by atoms with van der Waals surface area (Å²) >= 11 is 0. The highest BCUT2D eigenvalue weighted by atomic mass is 16.6. The number of likely N-dealkylation sites (tertiary alicyclic amines) is 1. The first kappa shape index (κ1) is 14.5. The molecule has 0 radical (unpaired) electrons. The number of nitro groups is 1. The lowest BCUT2D eigenvalue weighted by atomic mass is 9.94. The lowest BCUT2D eigenvalue weighted by Gasteiger charge is -2.35. The van der Waals surface area contributed by atoms with Gasteiger partial charge in [0, 0.05) is 31.7 Å². The van der Waals surface area contributed by atoms with Gasteiger partial charge in [0.15, 0.2) is 0 Å². The Labute approximate surface area is 117 Å². The van der Waals surface area contributed by atoms with Gasteiger partial charge in [0.2, 0.25) is 0 Å². The second-order valence-corrected chi connectivity index (χ2v) is 5.31. The largest absolute Gasteiger partial charge is 0.337 e. The molecular weight excluding hydrogens is 260 g/mol. The average molecular weight is 280 g/mol. The molecule has 1 amide bonds. The number of nitrogens with two attached hydrogens (primary N) is 1. The molecule has 0 aliphatic carbocycles. The molecule has 7 heteroatoms. The van der Waals surface area contributed by atoms with E-state index in [0.717, 1.165) is 6.42 Å². The van der Waals surface area contributed by atoms with Gasteiger partial charge in [-0.1, -0.05) is 6.92 Å². The molecule has 2 N–H and O–H groups in total. The summed E-state index contributed by atoms with van der Waals surface area (Å²) in [5, 5.41) is 10.8. The number of aryl methyl sites for hydroxylation is 1. The van der Waals surface area contributed by atoms with Crippen LogP contribution in [0.1, 0.15) is 30.8 Å². The van der Waals surface area contributed by atoms with Crippen molar-refractivity contribution in [2.45, 2.75) is 32.9 Å². The third kappa shape index (κ3) is 2.67. The van der Waals surface area contributed by atoms with Gasteiger partial charge in [0.1, 0.15) is 5.69 Å². The monoisotopic (exact) mass is 280 g/mol. The lowest BCUT2D eigenvalue weighted by molar-refractivity contribution is -0.384. The van der Waals surface area contributed by atoms with E-state index >= 15 is 0 Å². The Hall–Kier alpha value is -1.89. The fourth-order valence-electron chi connectivity index (χ4n) is 2.55. The van der Waals surface area contributed by atoms with Crippen LogP contribution in [0.4, 0.5) is 5.69 Å². The summed E-state index contributed by atoms with van der Waals surface area (Å²) in [4.78, 5) is 24.6. The molecule has 110 valence electrons. The van der Waals surface area contributed by atoms with E-state index < -0.39 is 4.92 Å². The number of piperidine rings is 1. The molecule has 2 atom stereocenters. The van der Waals surface area contributed by atoms with E-state index in [9.17, 15) is 14.9 Å². The molecular formula is C13H20N4O3. The van der Waals surface area contributed by atoms with Crippen molar-refractivity contribution in [3.8, 4) is 0 Å². The lowest BCUT2D eigenvalue weighted by Crippen LogP contribution is -2.48. The number of carbonyl (C=O) groups is 1. The zero-order valence-corrected chi connectivity index (χ0v) is 11.8. The molecule has 1 aromatic heterocycles. The Bertz CT molecular complexity index is 526. The molecule has 1 saturated heterocycles. The maximum absolute atomic E-state index is 12.5. The van der Waals surface area contributed by atoms with Crippen LogP contribution in [0.15, 0.2) is 12.3 Å². The summed E-state index contributed by atoms with van der Waals surface area (Å²) in [5.41, 5.74) is 6.28. The number of rotatable bonds is 3. The van der Waals surface area contributed by atoms with Gasteiger partial charge >= 0.3 is 0 Å². The fraction of sp³-hybridized carbons (Fsp3) is 0.615. The van der Waals surface area contributed by atoms with E-state index in [2.05, 4.69) is 0 Å². The van der Waals surface area contributed by atoms with Crippen molar-refractivity contribution in [3.63, 3.8) is 0 Å². The number of hydrogen-bond acceptors (Lipinski definition) is 4. The van der Waals surface area contributed by atoms with E-state index in [4.69, 9.17) is 5.73 Å². The molecule has 0 spiro atoms. The zero-order chi connectivity index (χ0) is 14.9. The van der Waals surface area contributed by atoms with Gasteiger partial charge in [-0.15, -0.1) is 0 Å². The van der Waals surface area contributed by atoms with Gasteiger partial charge in [-0.2, -0.15) is 0 Å². The maximum Gasteiger partial charge on any atom is 0.287 e. The average Bonchev–Trinajstić information content (AvgIpc) is 2.85. The molecule has 0 saturated carbocycles. The van der Waals surface area contributed by atoms with Crippen molar-refractivity contribution in [2.24, 2.45) is 11.7 Å². The van der Waals surface area contributed by atoms with Crippen LogP contribution >= 0.6 is 0 Å². The minimum Gasteiger partial charge on any atom is -0.337 e. The Morgan fingerprint density at radius 1 is 1.60 bits per heavy atom. The third-order valence-corrected chi connectivity index (χ3v) is 3.91. The van der Waals surface area contributed by atoms with Crippen LogP contribution in [0.25, 0.3) is 0 Å². The standard InChI is InChI=1S/C13H20N4O3/c1-3-15-8-10(17(19)20)6-12(15)13(18)16-5-4-11(14)9(2)7-16/h6,8-9,11H,3-5,7,14H2,1-2H3. The van der Waals surface area contributed by atoms with Crippen molar-refractivity contribution in [2.75, 3.05) is 13.1 Å². The van der Waals surface area contributed by atoms with Crippen LogP contribution in [0.5, 0.6) is 0 Å². The van der Waals surface area contributed by atoms with E-state index in [1.807, 2.05) is 13.8 Å². The molecule has 0 bridgehead atoms. The quantitative estimate of drug-likeness (QED) is 0.665. The van der Waals surface area contributed by atoms with Crippen molar-refractivity contribution < 1.29 is 9.72 Å². The molecule has 1 aliphatic rings. The minimum absolute atomic E-state index is 0.0445. The van der Waals surface area contributed by atoms with Gasteiger partial charge in [-0.05, 0) is 19.3 Å². The molecule has 0 aromatic carbocycles. The van der Waals surface area contributed by atoms with Crippen molar-refractivity contribution >= 4 is 11.6 Å². The van der Waals surface area contributed by atoms with Crippen molar-refractivity contribution in [1.29, 1.82) is 0 Å². The van der Waals surface area contributed by atoms with E-state index in [1.54, 1.807) is 9.47 Å². The van der Waals surface area contributed by atoms with Crippen molar-refractivity contribution in [1.82, 2.24) is 9.47 Å². The van der Waals surface area contributed by atoms with E-state index in [1.165, 1.54) is 12.3 Å². The number of aromatic nitrogens is 1. The SMILES string of the molecule is CCn1cc([N+](=O)[O-])cc1C(=O)N1CCC(N)C(C)C1. The second kappa shape index (κ2) is 5.62. The van der Waals surface area contributed by atoms with E-state index in [0.29, 0.717) is 25.3 Å². The topological polar surface area (TPSA) is 94.4 Å². The highest BCUT2D eigenvalue weighted by molar-refractivity contribution is 5.93. The first-order valence-electron chi connectivity index (χ1n) is 6.83. The summed E-state index contributed by atoms with van der Waals surface area (Å²) in [6.07, 6.45) is 2.17. The zero-order valence-electron chi connectivity index (χ0n) is 11.8. The molecule has 20 heavy (non-hydrogen) atoms. The summed E-state index contributed by atoms with van der Waals surface area (Å²) < 4.78 is 1.62. The summed E-state index contributed by atoms with van der Waals surface area (Å²) in [5.74, 6) is 0.0893. The fourth-order valence-corrected chi connectivity index (χ4v) is 2.55. The predicted molar refractivity (Wildman–Crippen MR) is 74.4 cm³/mol. The minimum atomic E-state index is -0.475. The van der Waals surface area contributed by atoms with Crippen LogP contribution in [0.3, 0.4) is 0 Å². The summed E-state index contributed by atoms with van der Waals surface area (Å²) in [7, 11) is 0. The van der Waals surface area contributed by atoms with Gasteiger partial charge < -0.3 is 15.2 Å².